The van der Waals surface area contributed by atoms with E-state index >= 15 is 0 Å². The SMILES string of the molecule is CC(C)(C)c1ccc(C(=O)COC(=O)CCN=C2NS(=O)(=O)c3ccccc32)cc1. The van der Waals surface area contributed by atoms with E-state index in [1.165, 1.54) is 6.07 Å². The van der Waals surface area contributed by atoms with Gasteiger partial charge in [0.25, 0.3) is 10.0 Å². The molecular formula is C22H24N2O5S. The van der Waals surface area contributed by atoms with Gasteiger partial charge in [0.15, 0.2) is 12.4 Å². The monoisotopic (exact) mass is 428 g/mol. The van der Waals surface area contributed by atoms with Crippen LogP contribution in [0.1, 0.15) is 48.7 Å². The first-order valence-corrected chi connectivity index (χ1v) is 11.0. The van der Waals surface area contributed by atoms with E-state index in [9.17, 15) is 18.0 Å². The average molecular weight is 429 g/mol. The van der Waals surface area contributed by atoms with E-state index in [-0.39, 0.29) is 41.5 Å². The molecule has 0 unspecified atom stereocenters. The fourth-order valence-electron chi connectivity index (χ4n) is 2.97. The summed E-state index contributed by atoms with van der Waals surface area (Å²) in [6, 6.07) is 13.7. The third-order valence-electron chi connectivity index (χ3n) is 4.69. The van der Waals surface area contributed by atoms with Gasteiger partial charge < -0.3 is 4.74 Å². The van der Waals surface area contributed by atoms with Crippen LogP contribution in [0.25, 0.3) is 0 Å². The molecule has 8 heteroatoms. The Morgan fingerprint density at radius 1 is 1.03 bits per heavy atom. The molecule has 0 spiro atoms. The number of amidine groups is 1. The predicted octanol–water partition coefficient (Wildman–Crippen LogP) is 2.84. The van der Waals surface area contributed by atoms with E-state index in [0.717, 1.165) is 5.56 Å². The van der Waals surface area contributed by atoms with Crippen LogP contribution in [0, 0.1) is 0 Å². The molecule has 2 aromatic carbocycles. The topological polar surface area (TPSA) is 102 Å². The Bertz CT molecular complexity index is 1100. The Morgan fingerprint density at radius 2 is 1.70 bits per heavy atom. The summed E-state index contributed by atoms with van der Waals surface area (Å²) in [5.74, 6) is -0.658. The van der Waals surface area contributed by atoms with Gasteiger partial charge in [-0.2, -0.15) is 0 Å². The number of carbonyl (C=O) groups is 2. The van der Waals surface area contributed by atoms with Gasteiger partial charge in [0.2, 0.25) is 0 Å². The number of aliphatic imine (C=N–C) groups is 1. The van der Waals surface area contributed by atoms with Crippen molar-refractivity contribution in [2.45, 2.75) is 37.5 Å². The van der Waals surface area contributed by atoms with Crippen molar-refractivity contribution in [3.8, 4) is 0 Å². The number of nitrogens with zero attached hydrogens (tertiary/aromatic N) is 1. The van der Waals surface area contributed by atoms with Crippen LogP contribution in [0.2, 0.25) is 0 Å². The smallest absolute Gasteiger partial charge is 0.308 e. The maximum absolute atomic E-state index is 12.2. The molecule has 1 aliphatic heterocycles. The number of nitrogens with one attached hydrogen (secondary N) is 1. The molecule has 1 aliphatic rings. The van der Waals surface area contributed by atoms with Crippen LogP contribution in [-0.4, -0.2) is 39.2 Å². The first-order valence-electron chi connectivity index (χ1n) is 9.54. The Kier molecular flexibility index (Phi) is 6.07. The molecule has 0 bridgehead atoms. The van der Waals surface area contributed by atoms with Gasteiger partial charge in [-0.1, -0.05) is 57.2 Å². The first-order chi connectivity index (χ1) is 14.1. The largest absolute Gasteiger partial charge is 0.457 e. The van der Waals surface area contributed by atoms with Crippen molar-refractivity contribution in [1.82, 2.24) is 4.72 Å². The number of hydrogen-bond donors (Lipinski definition) is 1. The van der Waals surface area contributed by atoms with Gasteiger partial charge in [0.1, 0.15) is 5.84 Å². The fourth-order valence-corrected chi connectivity index (χ4v) is 4.22. The van der Waals surface area contributed by atoms with Crippen molar-refractivity contribution >= 4 is 27.6 Å². The van der Waals surface area contributed by atoms with E-state index < -0.39 is 16.0 Å². The van der Waals surface area contributed by atoms with Crippen LogP contribution in [0.4, 0.5) is 0 Å². The van der Waals surface area contributed by atoms with Crippen molar-refractivity contribution in [2.24, 2.45) is 4.99 Å². The average Bonchev–Trinajstić information content (AvgIpc) is 2.96. The molecule has 0 saturated carbocycles. The molecule has 0 saturated heterocycles. The number of ether oxygens (including phenoxy) is 1. The minimum atomic E-state index is -3.61. The number of sulfonamides is 1. The summed E-state index contributed by atoms with van der Waals surface area (Å²) >= 11 is 0. The summed E-state index contributed by atoms with van der Waals surface area (Å²) in [5.41, 5.74) is 2.05. The second-order valence-electron chi connectivity index (χ2n) is 7.99. The van der Waals surface area contributed by atoms with E-state index in [1.54, 1.807) is 30.3 Å². The van der Waals surface area contributed by atoms with Gasteiger partial charge in [0, 0.05) is 11.1 Å². The number of ketones is 1. The van der Waals surface area contributed by atoms with E-state index in [2.05, 4.69) is 30.5 Å². The van der Waals surface area contributed by atoms with Crippen LogP contribution in [0.15, 0.2) is 58.4 Å². The van der Waals surface area contributed by atoms with Crippen LogP contribution in [0.5, 0.6) is 0 Å². The maximum atomic E-state index is 12.2. The van der Waals surface area contributed by atoms with Gasteiger partial charge in [-0.25, -0.2) is 8.42 Å². The highest BCUT2D eigenvalue weighted by Gasteiger charge is 2.30. The molecule has 158 valence electrons. The molecule has 1 heterocycles. The molecule has 3 rings (SSSR count). The number of rotatable bonds is 6. The molecule has 0 fully saturated rings. The lowest BCUT2D eigenvalue weighted by Crippen LogP contribution is -2.22. The molecule has 7 nitrogen and oxygen atoms in total. The van der Waals surface area contributed by atoms with Crippen molar-refractivity contribution < 1.29 is 22.7 Å². The summed E-state index contributed by atoms with van der Waals surface area (Å²) in [7, 11) is -3.61. The zero-order valence-corrected chi connectivity index (χ0v) is 18.0. The summed E-state index contributed by atoms with van der Waals surface area (Å²) < 4.78 is 31.5. The number of carbonyl (C=O) groups excluding carboxylic acids is 2. The summed E-state index contributed by atoms with van der Waals surface area (Å²) in [6.07, 6.45) is -0.0658. The van der Waals surface area contributed by atoms with Gasteiger partial charge >= 0.3 is 5.97 Å². The van der Waals surface area contributed by atoms with Gasteiger partial charge in [-0.15, -0.1) is 0 Å². The van der Waals surface area contributed by atoms with Crippen molar-refractivity contribution in [1.29, 1.82) is 0 Å². The lowest BCUT2D eigenvalue weighted by atomic mass is 9.86. The molecule has 0 atom stereocenters. The molecular weight excluding hydrogens is 404 g/mol. The Hall–Kier alpha value is -3.00. The van der Waals surface area contributed by atoms with Crippen molar-refractivity contribution in [3.05, 3.63) is 65.2 Å². The molecule has 1 N–H and O–H groups in total. The fraction of sp³-hybridized carbons (Fsp3) is 0.318. The molecule has 0 aromatic heterocycles. The highest BCUT2D eigenvalue weighted by molar-refractivity contribution is 7.90. The number of hydrogen-bond acceptors (Lipinski definition) is 6. The number of fused-ring (bicyclic) bond motifs is 1. The second-order valence-corrected chi connectivity index (χ2v) is 9.64. The molecule has 2 aromatic rings. The predicted molar refractivity (Wildman–Crippen MR) is 113 cm³/mol. The Morgan fingerprint density at radius 3 is 2.37 bits per heavy atom. The zero-order valence-electron chi connectivity index (χ0n) is 17.1. The normalized spacial score (nSPS) is 16.0. The summed E-state index contributed by atoms with van der Waals surface area (Å²) in [6.45, 7) is 5.96. The summed E-state index contributed by atoms with van der Waals surface area (Å²) in [5, 5.41) is 0. The quantitative estimate of drug-likeness (QED) is 0.563. The minimum absolute atomic E-state index is 0.0103. The molecule has 0 aliphatic carbocycles. The van der Waals surface area contributed by atoms with E-state index in [0.29, 0.717) is 11.1 Å². The van der Waals surface area contributed by atoms with Gasteiger partial charge in [-0.3, -0.25) is 19.3 Å². The first kappa shape index (κ1) is 21.7. The van der Waals surface area contributed by atoms with E-state index in [4.69, 9.17) is 4.74 Å². The van der Waals surface area contributed by atoms with Crippen LogP contribution >= 0.6 is 0 Å². The van der Waals surface area contributed by atoms with Crippen LogP contribution in [-0.2, 0) is 25.0 Å². The van der Waals surface area contributed by atoms with Crippen molar-refractivity contribution in [3.63, 3.8) is 0 Å². The third kappa shape index (κ3) is 4.94. The Labute approximate surface area is 176 Å². The molecule has 0 amide bonds. The highest BCUT2D eigenvalue weighted by Crippen LogP contribution is 2.23. The zero-order chi connectivity index (χ0) is 21.9. The Balaban J connectivity index is 1.51. The minimum Gasteiger partial charge on any atom is -0.457 e. The highest BCUT2D eigenvalue weighted by atomic mass is 32.2. The third-order valence-corrected chi connectivity index (χ3v) is 6.08. The van der Waals surface area contributed by atoms with Crippen LogP contribution in [0.3, 0.4) is 0 Å². The lowest BCUT2D eigenvalue weighted by molar-refractivity contribution is -0.142. The van der Waals surface area contributed by atoms with E-state index in [1.807, 2.05) is 12.1 Å². The van der Waals surface area contributed by atoms with Gasteiger partial charge in [0.05, 0.1) is 17.9 Å². The van der Waals surface area contributed by atoms with Gasteiger partial charge in [-0.05, 0) is 23.1 Å². The molecule has 0 radical (unpaired) electrons. The van der Waals surface area contributed by atoms with Crippen LogP contribution < -0.4 is 4.72 Å². The lowest BCUT2D eigenvalue weighted by Gasteiger charge is -2.18. The second kappa shape index (κ2) is 8.39. The number of benzene rings is 2. The number of Topliss-reactive ketones (excluding diaryl/α,β-unsaturated/α-hetero) is 1. The van der Waals surface area contributed by atoms with Crippen molar-refractivity contribution in [2.75, 3.05) is 13.2 Å². The summed E-state index contributed by atoms with van der Waals surface area (Å²) in [4.78, 5) is 28.5. The number of esters is 1. The standard InChI is InChI=1S/C22H24N2O5S/c1-22(2,3)16-10-8-15(9-11-16)18(25)14-29-20(26)12-13-23-21-17-6-4-5-7-19(17)30(27,28)24-21/h4-11H,12-14H2,1-3H3,(H,23,24). The molecule has 30 heavy (non-hydrogen) atoms. The maximum Gasteiger partial charge on any atom is 0.308 e.